The molecular formula is C13H14FN3O. The second-order valence-corrected chi connectivity index (χ2v) is 4.37. The maximum absolute atomic E-state index is 13.2. The van der Waals surface area contributed by atoms with Crippen molar-refractivity contribution in [3.05, 3.63) is 29.7 Å². The minimum absolute atomic E-state index is 0.256. The Morgan fingerprint density at radius 1 is 1.22 bits per heavy atom. The molecule has 0 bridgehead atoms. The van der Waals surface area contributed by atoms with Gasteiger partial charge < -0.3 is 9.64 Å². The number of rotatable bonds is 1. The van der Waals surface area contributed by atoms with Crippen molar-refractivity contribution in [3.63, 3.8) is 0 Å². The fourth-order valence-corrected chi connectivity index (χ4v) is 2.14. The van der Waals surface area contributed by atoms with Gasteiger partial charge in [0.25, 0.3) is 0 Å². The van der Waals surface area contributed by atoms with E-state index in [2.05, 4.69) is 14.9 Å². The van der Waals surface area contributed by atoms with Gasteiger partial charge in [0.05, 0.1) is 24.4 Å². The Morgan fingerprint density at radius 2 is 2.00 bits per heavy atom. The van der Waals surface area contributed by atoms with Gasteiger partial charge in [0.15, 0.2) is 0 Å². The zero-order chi connectivity index (χ0) is 12.5. The largest absolute Gasteiger partial charge is 0.378 e. The summed E-state index contributed by atoms with van der Waals surface area (Å²) in [4.78, 5) is 11.0. The quantitative estimate of drug-likeness (QED) is 0.771. The number of hydrogen-bond donors (Lipinski definition) is 0. The molecule has 0 amide bonds. The summed E-state index contributed by atoms with van der Waals surface area (Å²) in [5, 5.41) is 0.770. The van der Waals surface area contributed by atoms with Gasteiger partial charge in [0, 0.05) is 18.5 Å². The molecule has 2 aromatic rings. The highest BCUT2D eigenvalue weighted by Gasteiger charge is 2.15. The standard InChI is InChI=1S/C13H14FN3O/c1-9-11-8-10(14)2-3-12(11)16-13(15-9)17-4-6-18-7-5-17/h2-3,8H,4-7H2,1H3. The molecule has 2 heterocycles. The van der Waals surface area contributed by atoms with Crippen LogP contribution in [-0.4, -0.2) is 36.3 Å². The molecule has 5 heteroatoms. The highest BCUT2D eigenvalue weighted by Crippen LogP contribution is 2.20. The first kappa shape index (κ1) is 11.3. The second-order valence-electron chi connectivity index (χ2n) is 4.37. The SMILES string of the molecule is Cc1nc(N2CCOCC2)nc2ccc(F)cc12. The predicted molar refractivity (Wildman–Crippen MR) is 67.3 cm³/mol. The van der Waals surface area contributed by atoms with Crippen molar-refractivity contribution in [2.45, 2.75) is 6.92 Å². The minimum atomic E-state index is -0.256. The molecule has 1 aromatic carbocycles. The van der Waals surface area contributed by atoms with Crippen molar-refractivity contribution in [3.8, 4) is 0 Å². The molecule has 94 valence electrons. The van der Waals surface area contributed by atoms with Gasteiger partial charge in [-0.25, -0.2) is 14.4 Å². The van der Waals surface area contributed by atoms with Gasteiger partial charge in [-0.05, 0) is 25.1 Å². The van der Waals surface area contributed by atoms with Crippen LogP contribution in [0.3, 0.4) is 0 Å². The summed E-state index contributed by atoms with van der Waals surface area (Å²) in [5.74, 6) is 0.447. The van der Waals surface area contributed by atoms with Crippen molar-refractivity contribution in [1.29, 1.82) is 0 Å². The molecule has 0 unspecified atom stereocenters. The second kappa shape index (κ2) is 4.49. The number of aromatic nitrogens is 2. The van der Waals surface area contributed by atoms with Crippen LogP contribution in [0.2, 0.25) is 0 Å². The Bertz CT molecular complexity index is 582. The molecule has 1 saturated heterocycles. The van der Waals surface area contributed by atoms with E-state index < -0.39 is 0 Å². The lowest BCUT2D eigenvalue weighted by Crippen LogP contribution is -2.37. The Balaban J connectivity index is 2.06. The lowest BCUT2D eigenvalue weighted by atomic mass is 10.2. The third kappa shape index (κ3) is 2.01. The fourth-order valence-electron chi connectivity index (χ4n) is 2.14. The van der Waals surface area contributed by atoms with Crippen molar-refractivity contribution in [2.75, 3.05) is 31.2 Å². The summed E-state index contributed by atoms with van der Waals surface area (Å²) < 4.78 is 18.5. The number of nitrogens with zero attached hydrogens (tertiary/aromatic N) is 3. The normalized spacial score (nSPS) is 16.2. The number of anilines is 1. The van der Waals surface area contributed by atoms with Crippen LogP contribution in [0.4, 0.5) is 10.3 Å². The third-order valence-corrected chi connectivity index (χ3v) is 3.13. The van der Waals surface area contributed by atoms with E-state index in [-0.39, 0.29) is 5.82 Å². The molecule has 0 aliphatic carbocycles. The van der Waals surface area contributed by atoms with Crippen LogP contribution < -0.4 is 4.90 Å². The number of hydrogen-bond acceptors (Lipinski definition) is 4. The van der Waals surface area contributed by atoms with Crippen LogP contribution in [0.1, 0.15) is 5.69 Å². The number of aryl methyl sites for hydroxylation is 1. The monoisotopic (exact) mass is 247 g/mol. The molecule has 1 aliphatic heterocycles. The van der Waals surface area contributed by atoms with E-state index in [1.54, 1.807) is 6.07 Å². The van der Waals surface area contributed by atoms with Gasteiger partial charge in [-0.1, -0.05) is 0 Å². The summed E-state index contributed by atoms with van der Waals surface area (Å²) in [5.41, 5.74) is 1.59. The third-order valence-electron chi connectivity index (χ3n) is 3.13. The van der Waals surface area contributed by atoms with Crippen LogP contribution in [0, 0.1) is 12.7 Å². The van der Waals surface area contributed by atoms with Crippen LogP contribution in [0.15, 0.2) is 18.2 Å². The van der Waals surface area contributed by atoms with E-state index in [1.165, 1.54) is 12.1 Å². The molecule has 0 N–H and O–H groups in total. The topological polar surface area (TPSA) is 38.2 Å². The Labute approximate surface area is 104 Å². The van der Waals surface area contributed by atoms with Crippen LogP contribution in [-0.2, 0) is 4.74 Å². The zero-order valence-electron chi connectivity index (χ0n) is 10.2. The molecule has 1 aromatic heterocycles. The van der Waals surface area contributed by atoms with Crippen molar-refractivity contribution in [2.24, 2.45) is 0 Å². The smallest absolute Gasteiger partial charge is 0.226 e. The van der Waals surface area contributed by atoms with Crippen molar-refractivity contribution in [1.82, 2.24) is 9.97 Å². The van der Waals surface area contributed by atoms with E-state index in [0.29, 0.717) is 19.2 Å². The average Bonchev–Trinajstić information content (AvgIpc) is 2.40. The van der Waals surface area contributed by atoms with Gasteiger partial charge >= 0.3 is 0 Å². The number of fused-ring (bicyclic) bond motifs is 1. The van der Waals surface area contributed by atoms with Gasteiger partial charge in [-0.3, -0.25) is 0 Å². The van der Waals surface area contributed by atoms with Crippen LogP contribution >= 0.6 is 0 Å². The molecule has 0 radical (unpaired) electrons. The van der Waals surface area contributed by atoms with Gasteiger partial charge in [0.2, 0.25) is 5.95 Å². The summed E-state index contributed by atoms with van der Waals surface area (Å²) in [6.45, 7) is 4.87. The number of ether oxygens (including phenoxy) is 1. The molecular weight excluding hydrogens is 233 g/mol. The number of morpholine rings is 1. The first-order valence-corrected chi connectivity index (χ1v) is 6.00. The van der Waals surface area contributed by atoms with Gasteiger partial charge in [0.1, 0.15) is 5.82 Å². The van der Waals surface area contributed by atoms with Gasteiger partial charge in [-0.15, -0.1) is 0 Å². The maximum atomic E-state index is 13.2. The molecule has 18 heavy (non-hydrogen) atoms. The lowest BCUT2D eigenvalue weighted by Gasteiger charge is -2.27. The van der Waals surface area contributed by atoms with E-state index in [0.717, 1.165) is 29.7 Å². The van der Waals surface area contributed by atoms with E-state index in [4.69, 9.17) is 4.74 Å². The molecule has 1 fully saturated rings. The summed E-state index contributed by atoms with van der Waals surface area (Å²) >= 11 is 0. The predicted octanol–water partition coefficient (Wildman–Crippen LogP) is 1.91. The molecule has 0 saturated carbocycles. The average molecular weight is 247 g/mol. The van der Waals surface area contributed by atoms with E-state index >= 15 is 0 Å². The molecule has 0 atom stereocenters. The Hall–Kier alpha value is -1.75. The fraction of sp³-hybridized carbons (Fsp3) is 0.385. The summed E-state index contributed by atoms with van der Waals surface area (Å²) in [6.07, 6.45) is 0. The minimum Gasteiger partial charge on any atom is -0.378 e. The highest BCUT2D eigenvalue weighted by molar-refractivity contribution is 5.81. The highest BCUT2D eigenvalue weighted by atomic mass is 19.1. The molecule has 4 nitrogen and oxygen atoms in total. The molecule has 1 aliphatic rings. The van der Waals surface area contributed by atoms with Gasteiger partial charge in [-0.2, -0.15) is 0 Å². The van der Waals surface area contributed by atoms with E-state index in [1.807, 2.05) is 6.92 Å². The first-order valence-electron chi connectivity index (χ1n) is 6.00. The van der Waals surface area contributed by atoms with Crippen LogP contribution in [0.5, 0.6) is 0 Å². The maximum Gasteiger partial charge on any atom is 0.226 e. The molecule has 0 spiro atoms. The molecule has 3 rings (SSSR count). The summed E-state index contributed by atoms with van der Waals surface area (Å²) in [7, 11) is 0. The first-order chi connectivity index (χ1) is 8.74. The zero-order valence-corrected chi connectivity index (χ0v) is 10.2. The van der Waals surface area contributed by atoms with Crippen molar-refractivity contribution >= 4 is 16.9 Å². The Morgan fingerprint density at radius 3 is 2.78 bits per heavy atom. The number of halogens is 1. The van der Waals surface area contributed by atoms with E-state index in [9.17, 15) is 4.39 Å². The van der Waals surface area contributed by atoms with Crippen molar-refractivity contribution < 1.29 is 9.13 Å². The van der Waals surface area contributed by atoms with Crippen LogP contribution in [0.25, 0.3) is 10.9 Å². The Kier molecular flexibility index (Phi) is 2.83. The lowest BCUT2D eigenvalue weighted by molar-refractivity contribution is 0.122. The number of benzene rings is 1. The summed E-state index contributed by atoms with van der Waals surface area (Å²) in [6, 6.07) is 4.61.